The quantitative estimate of drug-likeness (QED) is 0.858. The van der Waals surface area contributed by atoms with Crippen molar-refractivity contribution in [3.63, 3.8) is 0 Å². The summed E-state index contributed by atoms with van der Waals surface area (Å²) in [5.41, 5.74) is 0.339. The van der Waals surface area contributed by atoms with Crippen LogP contribution in [0.25, 0.3) is 0 Å². The minimum atomic E-state index is -4.76. The molecule has 0 spiro atoms. The maximum atomic E-state index is 12.5. The van der Waals surface area contributed by atoms with Gasteiger partial charge >= 0.3 is 6.36 Å². The van der Waals surface area contributed by atoms with E-state index < -0.39 is 12.4 Å². The highest BCUT2D eigenvalue weighted by Crippen LogP contribution is 2.27. The Kier molecular flexibility index (Phi) is 5.79. The van der Waals surface area contributed by atoms with Crippen molar-refractivity contribution in [2.75, 3.05) is 12.4 Å². The number of alkyl halides is 3. The lowest BCUT2D eigenvalue weighted by Gasteiger charge is -2.24. The van der Waals surface area contributed by atoms with Crippen molar-refractivity contribution in [2.24, 2.45) is 0 Å². The van der Waals surface area contributed by atoms with E-state index in [-0.39, 0.29) is 18.2 Å². The van der Waals surface area contributed by atoms with Crippen LogP contribution in [-0.4, -0.2) is 35.2 Å². The predicted molar refractivity (Wildman–Crippen MR) is 84.8 cm³/mol. The molecule has 0 bridgehead atoms. The van der Waals surface area contributed by atoms with Crippen LogP contribution in [0.2, 0.25) is 0 Å². The van der Waals surface area contributed by atoms with Gasteiger partial charge < -0.3 is 10.1 Å². The van der Waals surface area contributed by atoms with E-state index in [0.717, 1.165) is 0 Å². The van der Waals surface area contributed by atoms with Crippen LogP contribution < -0.4 is 10.1 Å². The fourth-order valence-corrected chi connectivity index (χ4v) is 2.49. The Labute approximate surface area is 141 Å². The second-order valence-electron chi connectivity index (χ2n) is 5.07. The van der Waals surface area contributed by atoms with Crippen LogP contribution in [-0.2, 0) is 11.3 Å². The van der Waals surface area contributed by atoms with Gasteiger partial charge in [0.1, 0.15) is 5.75 Å². The summed E-state index contributed by atoms with van der Waals surface area (Å²) < 4.78 is 41.4. The number of aromatic nitrogens is 1. The van der Waals surface area contributed by atoms with Gasteiger partial charge in [0.25, 0.3) is 0 Å². The van der Waals surface area contributed by atoms with E-state index in [4.69, 9.17) is 0 Å². The van der Waals surface area contributed by atoms with Gasteiger partial charge in [-0.25, -0.2) is 4.98 Å². The van der Waals surface area contributed by atoms with E-state index in [1.165, 1.54) is 29.5 Å². The third-order valence-electron chi connectivity index (χ3n) is 3.32. The molecule has 5 nitrogen and oxygen atoms in total. The normalized spacial score (nSPS) is 12.9. The smallest absolute Gasteiger partial charge is 0.405 e. The molecule has 1 unspecified atom stereocenters. The summed E-state index contributed by atoms with van der Waals surface area (Å²) in [5, 5.41) is 4.86. The van der Waals surface area contributed by atoms with Crippen LogP contribution >= 0.6 is 11.3 Å². The molecule has 1 heterocycles. The monoisotopic (exact) mass is 359 g/mol. The number of ether oxygens (including phenoxy) is 1. The highest BCUT2D eigenvalue weighted by atomic mass is 32.1. The fourth-order valence-electron chi connectivity index (χ4n) is 1.96. The molecule has 0 saturated heterocycles. The van der Waals surface area contributed by atoms with Crippen molar-refractivity contribution in [3.05, 3.63) is 41.4 Å². The molecule has 0 saturated carbocycles. The molecule has 130 valence electrons. The molecule has 1 N–H and O–H groups in total. The number of hydrogen-bond donors (Lipinski definition) is 1. The van der Waals surface area contributed by atoms with E-state index >= 15 is 0 Å². The average molecular weight is 359 g/mol. The zero-order chi connectivity index (χ0) is 17.7. The predicted octanol–water partition coefficient (Wildman–Crippen LogP) is 3.50. The van der Waals surface area contributed by atoms with Gasteiger partial charge in [0, 0.05) is 23.7 Å². The highest BCUT2D eigenvalue weighted by Gasteiger charge is 2.32. The number of halogens is 3. The number of para-hydroxylation sites is 1. The highest BCUT2D eigenvalue weighted by molar-refractivity contribution is 7.13. The molecule has 0 aliphatic carbocycles. The number of amides is 1. The summed E-state index contributed by atoms with van der Waals surface area (Å²) in [5.74, 6) is -0.564. The first-order valence-electron chi connectivity index (χ1n) is 7.00. The number of carbonyl (C=O) groups excluding carboxylic acids is 1. The fraction of sp³-hybridized carbons (Fsp3) is 0.333. The maximum absolute atomic E-state index is 12.5. The first kappa shape index (κ1) is 18.2. The molecule has 0 fully saturated rings. The third kappa shape index (κ3) is 5.20. The average Bonchev–Trinajstić information content (AvgIpc) is 2.99. The summed E-state index contributed by atoms with van der Waals surface area (Å²) in [6, 6.07) is 5.29. The Balaban J connectivity index is 2.03. The Morgan fingerprint density at radius 2 is 2.12 bits per heavy atom. The Hall–Kier alpha value is -2.13. The molecule has 0 aliphatic rings. The first-order valence-corrected chi connectivity index (χ1v) is 7.88. The summed E-state index contributed by atoms with van der Waals surface area (Å²) in [4.78, 5) is 17.7. The molecule has 2 rings (SSSR count). The number of carbonyl (C=O) groups is 1. The molecule has 1 aromatic carbocycles. The van der Waals surface area contributed by atoms with Crippen LogP contribution in [0.5, 0.6) is 5.75 Å². The molecule has 1 aromatic heterocycles. The lowest BCUT2D eigenvalue weighted by atomic mass is 10.1. The molecular formula is C15H16F3N3O2S. The molecule has 24 heavy (non-hydrogen) atoms. The van der Waals surface area contributed by atoms with Crippen molar-refractivity contribution in [2.45, 2.75) is 25.9 Å². The van der Waals surface area contributed by atoms with Gasteiger partial charge in [0.2, 0.25) is 5.91 Å². The SMILES string of the molecule is CC(C(=O)Nc1nccs1)N(C)Cc1ccccc1OC(F)(F)F. The molecule has 1 amide bonds. The minimum Gasteiger partial charge on any atom is -0.405 e. The van der Waals surface area contributed by atoms with Gasteiger partial charge in [0.05, 0.1) is 6.04 Å². The molecule has 2 aromatic rings. The van der Waals surface area contributed by atoms with Gasteiger partial charge in [-0.2, -0.15) is 0 Å². The second-order valence-corrected chi connectivity index (χ2v) is 5.97. The van der Waals surface area contributed by atoms with Gasteiger partial charge in [-0.1, -0.05) is 18.2 Å². The second kappa shape index (κ2) is 7.63. The zero-order valence-electron chi connectivity index (χ0n) is 13.0. The van der Waals surface area contributed by atoms with Crippen molar-refractivity contribution in [3.8, 4) is 5.75 Å². The number of rotatable bonds is 6. The van der Waals surface area contributed by atoms with E-state index in [1.807, 2.05) is 0 Å². The molecular weight excluding hydrogens is 343 g/mol. The number of thiazole rings is 1. The van der Waals surface area contributed by atoms with Crippen molar-refractivity contribution >= 4 is 22.4 Å². The number of anilines is 1. The Morgan fingerprint density at radius 3 is 2.75 bits per heavy atom. The lowest BCUT2D eigenvalue weighted by Crippen LogP contribution is -2.39. The molecule has 0 radical (unpaired) electrons. The van der Waals surface area contributed by atoms with Gasteiger partial charge in [-0.05, 0) is 20.0 Å². The van der Waals surface area contributed by atoms with E-state index in [0.29, 0.717) is 10.7 Å². The van der Waals surface area contributed by atoms with Gasteiger partial charge in [-0.15, -0.1) is 24.5 Å². The largest absolute Gasteiger partial charge is 0.573 e. The lowest BCUT2D eigenvalue weighted by molar-refractivity contribution is -0.275. The third-order valence-corrected chi connectivity index (χ3v) is 4.01. The number of nitrogens with one attached hydrogen (secondary N) is 1. The van der Waals surface area contributed by atoms with Crippen LogP contribution in [0, 0.1) is 0 Å². The topological polar surface area (TPSA) is 54.5 Å². The van der Waals surface area contributed by atoms with Crippen LogP contribution in [0.3, 0.4) is 0 Å². The van der Waals surface area contributed by atoms with Crippen LogP contribution in [0.15, 0.2) is 35.8 Å². The summed E-state index contributed by atoms with van der Waals surface area (Å²) >= 11 is 1.29. The van der Waals surface area contributed by atoms with Crippen molar-refractivity contribution in [1.82, 2.24) is 9.88 Å². The number of hydrogen-bond acceptors (Lipinski definition) is 5. The molecule has 1 atom stereocenters. The summed E-state index contributed by atoms with van der Waals surface area (Å²) in [7, 11) is 1.65. The number of likely N-dealkylation sites (N-methyl/N-ethyl adjacent to an activating group) is 1. The van der Waals surface area contributed by atoms with Crippen molar-refractivity contribution in [1.29, 1.82) is 0 Å². The number of benzene rings is 1. The number of nitrogens with zero attached hydrogens (tertiary/aromatic N) is 2. The Bertz CT molecular complexity index is 677. The summed E-state index contributed by atoms with van der Waals surface area (Å²) in [6.45, 7) is 1.79. The van der Waals surface area contributed by atoms with Gasteiger partial charge in [0.15, 0.2) is 5.13 Å². The van der Waals surface area contributed by atoms with Crippen LogP contribution in [0.4, 0.5) is 18.3 Å². The molecule has 0 aliphatic heterocycles. The first-order chi connectivity index (χ1) is 11.3. The molecule has 9 heteroatoms. The zero-order valence-corrected chi connectivity index (χ0v) is 13.8. The van der Waals surface area contributed by atoms with Crippen molar-refractivity contribution < 1.29 is 22.7 Å². The maximum Gasteiger partial charge on any atom is 0.573 e. The van der Waals surface area contributed by atoms with E-state index in [9.17, 15) is 18.0 Å². The Morgan fingerprint density at radius 1 is 1.42 bits per heavy atom. The van der Waals surface area contributed by atoms with Gasteiger partial charge in [-0.3, -0.25) is 9.69 Å². The van der Waals surface area contributed by atoms with E-state index in [2.05, 4.69) is 15.0 Å². The van der Waals surface area contributed by atoms with E-state index in [1.54, 1.807) is 36.5 Å². The minimum absolute atomic E-state index is 0.124. The summed E-state index contributed by atoms with van der Waals surface area (Å²) in [6.07, 6.45) is -3.19. The standard InChI is InChI=1S/C15H16F3N3O2S/c1-10(13(22)20-14-19-7-8-24-14)21(2)9-11-5-3-4-6-12(11)23-15(16,17)18/h3-8,10H,9H2,1-2H3,(H,19,20,22). The van der Waals surface area contributed by atoms with Crippen LogP contribution in [0.1, 0.15) is 12.5 Å².